The standard InChI is InChI=1S/2C4H11P.BH3O3/c2*1-2-3-4-5;2-1(3)4/h2*2-5H2,1H3;2-4H. The average Bonchev–Trinajstić information content (AvgIpc) is 2.07. The lowest BCUT2D eigenvalue weighted by molar-refractivity contribution is 0.278. The molecule has 0 aromatic rings. The van der Waals surface area contributed by atoms with Gasteiger partial charge in [-0.2, -0.15) is 0 Å². The molecule has 0 aliphatic heterocycles. The Morgan fingerprint density at radius 1 is 0.857 bits per heavy atom. The molecular formula is C8H25BO3P2. The van der Waals surface area contributed by atoms with Crippen LogP contribution in [-0.4, -0.2) is 34.7 Å². The van der Waals surface area contributed by atoms with Gasteiger partial charge in [-0.05, 0) is 12.3 Å². The summed E-state index contributed by atoms with van der Waals surface area (Å²) in [6, 6.07) is 0. The van der Waals surface area contributed by atoms with Crippen molar-refractivity contribution in [1.82, 2.24) is 0 Å². The first-order valence-corrected chi connectivity index (χ1v) is 6.64. The third-order valence-electron chi connectivity index (χ3n) is 1.12. The van der Waals surface area contributed by atoms with Crippen molar-refractivity contribution in [1.29, 1.82) is 0 Å². The molecule has 0 heterocycles. The van der Waals surface area contributed by atoms with Gasteiger partial charge in [-0.3, -0.25) is 0 Å². The predicted octanol–water partition coefficient (Wildman–Crippen LogP) is 1.27. The van der Waals surface area contributed by atoms with Crippen LogP contribution in [0.25, 0.3) is 0 Å². The summed E-state index contributed by atoms with van der Waals surface area (Å²) in [5, 5.41) is 21.5. The fraction of sp³-hybridized carbons (Fsp3) is 1.00. The highest BCUT2D eigenvalue weighted by molar-refractivity contribution is 7.16. The molecule has 0 aliphatic rings. The van der Waals surface area contributed by atoms with Gasteiger partial charge < -0.3 is 15.1 Å². The van der Waals surface area contributed by atoms with Crippen molar-refractivity contribution in [3.8, 4) is 0 Å². The Morgan fingerprint density at radius 3 is 1.07 bits per heavy atom. The predicted molar refractivity (Wildman–Crippen MR) is 71.4 cm³/mol. The molecule has 0 saturated heterocycles. The second kappa shape index (κ2) is 23.5. The first kappa shape index (κ1) is 20.2. The van der Waals surface area contributed by atoms with Crippen LogP contribution in [0.2, 0.25) is 0 Å². The lowest BCUT2D eigenvalue weighted by atomic mass is 10.3. The highest BCUT2D eigenvalue weighted by Gasteiger charge is 1.92. The molecule has 0 radical (unpaired) electrons. The van der Waals surface area contributed by atoms with E-state index in [0.717, 1.165) is 0 Å². The number of hydrogen-bond donors (Lipinski definition) is 3. The summed E-state index contributed by atoms with van der Waals surface area (Å²) < 4.78 is 0. The zero-order valence-electron chi connectivity index (χ0n) is 9.32. The third-order valence-corrected chi connectivity index (χ3v) is 1.93. The summed E-state index contributed by atoms with van der Waals surface area (Å²) in [5.41, 5.74) is 0. The molecule has 0 aliphatic carbocycles. The Morgan fingerprint density at radius 2 is 1.07 bits per heavy atom. The molecule has 0 aromatic carbocycles. The van der Waals surface area contributed by atoms with E-state index in [1.807, 2.05) is 0 Å². The summed E-state index contributed by atoms with van der Waals surface area (Å²) in [6.07, 6.45) is 7.87. The molecule has 14 heavy (non-hydrogen) atoms. The maximum Gasteiger partial charge on any atom is 0.631 e. The minimum atomic E-state index is -2.17. The van der Waals surface area contributed by atoms with Crippen molar-refractivity contribution in [2.24, 2.45) is 0 Å². The molecular weight excluding hydrogens is 217 g/mol. The third kappa shape index (κ3) is 77.3. The van der Waals surface area contributed by atoms with E-state index in [9.17, 15) is 0 Å². The van der Waals surface area contributed by atoms with E-state index in [1.54, 1.807) is 0 Å². The summed E-state index contributed by atoms with van der Waals surface area (Å²) in [7, 11) is 3.23. The highest BCUT2D eigenvalue weighted by atomic mass is 31.0. The van der Waals surface area contributed by atoms with Crippen LogP contribution in [0.4, 0.5) is 0 Å². The average molecular weight is 242 g/mol. The molecule has 0 spiro atoms. The van der Waals surface area contributed by atoms with E-state index in [1.165, 1.54) is 38.0 Å². The molecule has 2 unspecified atom stereocenters. The molecule has 0 aromatic heterocycles. The zero-order valence-corrected chi connectivity index (χ0v) is 11.6. The molecule has 88 valence electrons. The van der Waals surface area contributed by atoms with Crippen LogP contribution in [-0.2, 0) is 0 Å². The molecule has 0 bridgehead atoms. The Labute approximate surface area is 93.3 Å². The van der Waals surface area contributed by atoms with Crippen LogP contribution in [0.1, 0.15) is 39.5 Å². The number of unbranched alkanes of at least 4 members (excludes halogenated alkanes) is 2. The number of rotatable bonds is 4. The summed E-state index contributed by atoms with van der Waals surface area (Å²) >= 11 is 0. The maximum absolute atomic E-state index is 7.17. The van der Waals surface area contributed by atoms with E-state index in [0.29, 0.717) is 0 Å². The Bertz CT molecular complexity index is 64.9. The Balaban J connectivity index is -0.000000131. The lowest BCUT2D eigenvalue weighted by Gasteiger charge is -1.79. The van der Waals surface area contributed by atoms with Gasteiger partial charge in [0.1, 0.15) is 0 Å². The van der Waals surface area contributed by atoms with Gasteiger partial charge >= 0.3 is 7.32 Å². The van der Waals surface area contributed by atoms with Crippen LogP contribution in [0.3, 0.4) is 0 Å². The fourth-order valence-corrected chi connectivity index (χ4v) is 1.22. The van der Waals surface area contributed by atoms with E-state index < -0.39 is 7.32 Å². The largest absolute Gasteiger partial charge is 0.631 e. The maximum atomic E-state index is 7.17. The summed E-state index contributed by atoms with van der Waals surface area (Å²) in [6.45, 7) is 4.40. The molecule has 3 nitrogen and oxygen atoms in total. The lowest BCUT2D eigenvalue weighted by Crippen LogP contribution is -2.07. The highest BCUT2D eigenvalue weighted by Crippen LogP contribution is 1.90. The molecule has 6 heteroatoms. The van der Waals surface area contributed by atoms with E-state index in [4.69, 9.17) is 15.1 Å². The van der Waals surface area contributed by atoms with Gasteiger partial charge in [0.25, 0.3) is 0 Å². The minimum absolute atomic E-state index is 1.26. The fourth-order valence-electron chi connectivity index (χ4n) is 0.408. The zero-order chi connectivity index (χ0) is 11.8. The first-order chi connectivity index (χ1) is 6.56. The minimum Gasteiger partial charge on any atom is -0.402 e. The second-order valence-electron chi connectivity index (χ2n) is 2.63. The SMILES string of the molecule is CCCCP.CCCCP.OB(O)O. The number of hydrogen-bond acceptors (Lipinski definition) is 3. The van der Waals surface area contributed by atoms with E-state index in [-0.39, 0.29) is 0 Å². The van der Waals surface area contributed by atoms with Crippen LogP contribution < -0.4 is 0 Å². The van der Waals surface area contributed by atoms with Crippen molar-refractivity contribution < 1.29 is 15.1 Å². The van der Waals surface area contributed by atoms with Gasteiger partial charge in [0.05, 0.1) is 0 Å². The first-order valence-electron chi connectivity index (χ1n) is 5.01. The van der Waals surface area contributed by atoms with Crippen molar-refractivity contribution in [3.63, 3.8) is 0 Å². The monoisotopic (exact) mass is 242 g/mol. The molecule has 0 rings (SSSR count). The van der Waals surface area contributed by atoms with Gasteiger partial charge in [-0.25, -0.2) is 0 Å². The van der Waals surface area contributed by atoms with Crippen LogP contribution in [0.5, 0.6) is 0 Å². The van der Waals surface area contributed by atoms with E-state index >= 15 is 0 Å². The summed E-state index contributed by atoms with van der Waals surface area (Å²) in [5.74, 6) is 0. The quantitative estimate of drug-likeness (QED) is 0.514. The smallest absolute Gasteiger partial charge is 0.402 e. The topological polar surface area (TPSA) is 60.7 Å². The van der Waals surface area contributed by atoms with Gasteiger partial charge in [-0.1, -0.05) is 39.5 Å². The van der Waals surface area contributed by atoms with Gasteiger partial charge in [0, 0.05) is 0 Å². The van der Waals surface area contributed by atoms with Gasteiger partial charge in [0.2, 0.25) is 0 Å². The molecule has 3 N–H and O–H groups in total. The van der Waals surface area contributed by atoms with Crippen LogP contribution in [0, 0.1) is 0 Å². The van der Waals surface area contributed by atoms with Crippen LogP contribution in [0.15, 0.2) is 0 Å². The summed E-state index contributed by atoms with van der Waals surface area (Å²) in [4.78, 5) is 0. The van der Waals surface area contributed by atoms with E-state index in [2.05, 4.69) is 32.3 Å². The van der Waals surface area contributed by atoms with Crippen molar-refractivity contribution >= 4 is 25.8 Å². The Kier molecular flexibility index (Phi) is 34.1. The normalized spacial score (nSPS) is 7.93. The molecule has 0 fully saturated rings. The van der Waals surface area contributed by atoms with Crippen molar-refractivity contribution in [3.05, 3.63) is 0 Å². The van der Waals surface area contributed by atoms with Crippen molar-refractivity contribution in [2.45, 2.75) is 39.5 Å². The molecule has 0 saturated carbocycles. The second-order valence-corrected chi connectivity index (χ2v) is 3.79. The van der Waals surface area contributed by atoms with Gasteiger partial charge in [0.15, 0.2) is 0 Å². The Hall–Kier alpha value is 0.805. The van der Waals surface area contributed by atoms with Crippen molar-refractivity contribution in [2.75, 3.05) is 12.3 Å². The van der Waals surface area contributed by atoms with Gasteiger partial charge in [-0.15, -0.1) is 18.5 Å². The van der Waals surface area contributed by atoms with Crippen LogP contribution >= 0.6 is 18.5 Å². The molecule has 0 amide bonds. The molecule has 2 atom stereocenters.